The van der Waals surface area contributed by atoms with E-state index in [4.69, 9.17) is 10.5 Å². The Bertz CT molecular complexity index is 381. The number of hydrogen-bond acceptors (Lipinski definition) is 3. The summed E-state index contributed by atoms with van der Waals surface area (Å²) in [5.74, 6) is 1.43. The molecule has 1 aromatic rings. The molecule has 98 valence electrons. The second-order valence-electron chi connectivity index (χ2n) is 5.53. The topological polar surface area (TPSA) is 38.5 Å². The molecule has 1 aliphatic heterocycles. The van der Waals surface area contributed by atoms with Crippen LogP contribution >= 0.6 is 0 Å². The molecular weight excluding hydrogens is 224 g/mol. The van der Waals surface area contributed by atoms with Gasteiger partial charge in [0.15, 0.2) is 0 Å². The van der Waals surface area contributed by atoms with E-state index >= 15 is 0 Å². The van der Waals surface area contributed by atoms with Crippen LogP contribution in [-0.4, -0.2) is 37.2 Å². The molecule has 2 fully saturated rings. The molecule has 18 heavy (non-hydrogen) atoms. The molecule has 1 saturated heterocycles. The number of nitrogens with two attached hydrogens (primary N) is 1. The van der Waals surface area contributed by atoms with Crippen LogP contribution in [0.3, 0.4) is 0 Å². The van der Waals surface area contributed by atoms with E-state index in [2.05, 4.69) is 35.2 Å². The minimum Gasteiger partial charge on any atom is -0.375 e. The molecule has 3 unspecified atom stereocenters. The molecule has 0 radical (unpaired) electrons. The van der Waals surface area contributed by atoms with E-state index in [0.717, 1.165) is 32.8 Å². The standard InChI is InChI=1S/C15H22N2O/c16-9-13-8-14(13)15-11-17(6-7-18-15)10-12-4-2-1-3-5-12/h1-5,13-15H,6-11,16H2. The largest absolute Gasteiger partial charge is 0.375 e. The Balaban J connectivity index is 1.54. The first-order valence-corrected chi connectivity index (χ1v) is 6.95. The number of rotatable bonds is 4. The summed E-state index contributed by atoms with van der Waals surface area (Å²) in [6.07, 6.45) is 1.68. The number of morpholine rings is 1. The molecule has 3 heteroatoms. The van der Waals surface area contributed by atoms with Crippen molar-refractivity contribution in [3.63, 3.8) is 0 Å². The summed E-state index contributed by atoms with van der Waals surface area (Å²) < 4.78 is 5.90. The van der Waals surface area contributed by atoms with Crippen LogP contribution in [0, 0.1) is 11.8 Å². The molecule has 3 atom stereocenters. The van der Waals surface area contributed by atoms with E-state index in [9.17, 15) is 0 Å². The molecule has 2 N–H and O–H groups in total. The summed E-state index contributed by atoms with van der Waals surface area (Å²) >= 11 is 0. The van der Waals surface area contributed by atoms with E-state index in [0.29, 0.717) is 17.9 Å². The molecule has 2 aliphatic rings. The van der Waals surface area contributed by atoms with Crippen LogP contribution in [0.25, 0.3) is 0 Å². The van der Waals surface area contributed by atoms with Crippen molar-refractivity contribution in [1.29, 1.82) is 0 Å². The van der Waals surface area contributed by atoms with Crippen LogP contribution in [0.4, 0.5) is 0 Å². The zero-order chi connectivity index (χ0) is 12.4. The molecule has 0 spiro atoms. The Kier molecular flexibility index (Phi) is 3.64. The third-order valence-corrected chi connectivity index (χ3v) is 4.18. The Labute approximate surface area is 109 Å². The van der Waals surface area contributed by atoms with Crippen molar-refractivity contribution >= 4 is 0 Å². The van der Waals surface area contributed by atoms with Gasteiger partial charge in [-0.3, -0.25) is 4.90 Å². The van der Waals surface area contributed by atoms with Gasteiger partial charge < -0.3 is 10.5 Å². The van der Waals surface area contributed by atoms with Crippen LogP contribution in [-0.2, 0) is 11.3 Å². The Hall–Kier alpha value is -0.900. The van der Waals surface area contributed by atoms with Gasteiger partial charge in [-0.15, -0.1) is 0 Å². The maximum Gasteiger partial charge on any atom is 0.0734 e. The Morgan fingerprint density at radius 1 is 1.28 bits per heavy atom. The highest BCUT2D eigenvalue weighted by Gasteiger charge is 2.43. The average molecular weight is 246 g/mol. The normalized spacial score (nSPS) is 32.4. The first kappa shape index (κ1) is 12.2. The number of hydrogen-bond donors (Lipinski definition) is 1. The van der Waals surface area contributed by atoms with Gasteiger partial charge in [-0.1, -0.05) is 30.3 Å². The van der Waals surface area contributed by atoms with Crippen LogP contribution < -0.4 is 5.73 Å². The second-order valence-corrected chi connectivity index (χ2v) is 5.53. The minimum atomic E-state index is 0.413. The zero-order valence-electron chi connectivity index (χ0n) is 10.8. The molecular formula is C15H22N2O. The first-order chi connectivity index (χ1) is 8.86. The van der Waals surface area contributed by atoms with Crippen molar-refractivity contribution in [2.24, 2.45) is 17.6 Å². The lowest BCUT2D eigenvalue weighted by Gasteiger charge is -2.33. The third kappa shape index (κ3) is 2.74. The highest BCUT2D eigenvalue weighted by atomic mass is 16.5. The van der Waals surface area contributed by atoms with Gasteiger partial charge in [0.2, 0.25) is 0 Å². The molecule has 0 aromatic heterocycles. The highest BCUT2D eigenvalue weighted by molar-refractivity contribution is 5.14. The van der Waals surface area contributed by atoms with E-state index in [-0.39, 0.29) is 0 Å². The van der Waals surface area contributed by atoms with Gasteiger partial charge >= 0.3 is 0 Å². The van der Waals surface area contributed by atoms with Crippen molar-refractivity contribution in [2.75, 3.05) is 26.2 Å². The first-order valence-electron chi connectivity index (χ1n) is 6.95. The molecule has 1 saturated carbocycles. The van der Waals surface area contributed by atoms with Crippen molar-refractivity contribution in [3.8, 4) is 0 Å². The summed E-state index contributed by atoms with van der Waals surface area (Å²) in [5, 5.41) is 0. The fourth-order valence-corrected chi connectivity index (χ4v) is 2.97. The number of nitrogens with zero attached hydrogens (tertiary/aromatic N) is 1. The molecule has 3 nitrogen and oxygen atoms in total. The molecule has 1 heterocycles. The predicted octanol–water partition coefficient (Wildman–Crippen LogP) is 1.48. The molecule has 1 aliphatic carbocycles. The summed E-state index contributed by atoms with van der Waals surface area (Å²) in [6, 6.07) is 10.7. The van der Waals surface area contributed by atoms with Gasteiger partial charge in [0.1, 0.15) is 0 Å². The average Bonchev–Trinajstić information content (AvgIpc) is 3.20. The fourth-order valence-electron chi connectivity index (χ4n) is 2.97. The Morgan fingerprint density at radius 3 is 2.83 bits per heavy atom. The SMILES string of the molecule is NCC1CC1C1CN(Cc2ccccc2)CCO1. The maximum absolute atomic E-state index is 5.90. The molecule has 0 bridgehead atoms. The number of ether oxygens (including phenoxy) is 1. The summed E-state index contributed by atoms with van der Waals surface area (Å²) in [4.78, 5) is 2.51. The van der Waals surface area contributed by atoms with Crippen LogP contribution in [0.5, 0.6) is 0 Å². The van der Waals surface area contributed by atoms with E-state index in [1.807, 2.05) is 0 Å². The molecule has 3 rings (SSSR count). The van der Waals surface area contributed by atoms with Crippen molar-refractivity contribution in [3.05, 3.63) is 35.9 Å². The second kappa shape index (κ2) is 5.39. The quantitative estimate of drug-likeness (QED) is 0.874. The predicted molar refractivity (Wildman–Crippen MR) is 72.1 cm³/mol. The van der Waals surface area contributed by atoms with Crippen LogP contribution in [0.15, 0.2) is 30.3 Å². The van der Waals surface area contributed by atoms with Crippen molar-refractivity contribution in [1.82, 2.24) is 4.90 Å². The monoisotopic (exact) mass is 246 g/mol. The van der Waals surface area contributed by atoms with E-state index in [1.54, 1.807) is 0 Å². The number of benzene rings is 1. The maximum atomic E-state index is 5.90. The zero-order valence-corrected chi connectivity index (χ0v) is 10.8. The van der Waals surface area contributed by atoms with Crippen molar-refractivity contribution < 1.29 is 4.74 Å². The summed E-state index contributed by atoms with van der Waals surface area (Å²) in [7, 11) is 0. The minimum absolute atomic E-state index is 0.413. The molecule has 1 aromatic carbocycles. The van der Waals surface area contributed by atoms with Gasteiger partial charge in [0, 0.05) is 19.6 Å². The lowest BCUT2D eigenvalue weighted by atomic mass is 10.1. The smallest absolute Gasteiger partial charge is 0.0734 e. The third-order valence-electron chi connectivity index (χ3n) is 4.18. The van der Waals surface area contributed by atoms with Gasteiger partial charge in [-0.05, 0) is 30.4 Å². The summed E-state index contributed by atoms with van der Waals surface area (Å²) in [6.45, 7) is 4.84. The van der Waals surface area contributed by atoms with E-state index < -0.39 is 0 Å². The van der Waals surface area contributed by atoms with Crippen LogP contribution in [0.2, 0.25) is 0 Å². The molecule has 0 amide bonds. The van der Waals surface area contributed by atoms with Crippen LogP contribution in [0.1, 0.15) is 12.0 Å². The van der Waals surface area contributed by atoms with Crippen molar-refractivity contribution in [2.45, 2.75) is 19.1 Å². The lowest BCUT2D eigenvalue weighted by molar-refractivity contribution is -0.0441. The fraction of sp³-hybridized carbons (Fsp3) is 0.600. The Morgan fingerprint density at radius 2 is 2.11 bits per heavy atom. The van der Waals surface area contributed by atoms with Gasteiger partial charge in [-0.25, -0.2) is 0 Å². The van der Waals surface area contributed by atoms with E-state index in [1.165, 1.54) is 12.0 Å². The van der Waals surface area contributed by atoms with Gasteiger partial charge in [0.25, 0.3) is 0 Å². The highest BCUT2D eigenvalue weighted by Crippen LogP contribution is 2.42. The lowest BCUT2D eigenvalue weighted by Crippen LogP contribution is -2.43. The van der Waals surface area contributed by atoms with Gasteiger partial charge in [-0.2, -0.15) is 0 Å². The van der Waals surface area contributed by atoms with Gasteiger partial charge in [0.05, 0.1) is 12.7 Å². The summed E-state index contributed by atoms with van der Waals surface area (Å²) in [5.41, 5.74) is 7.11.